The largest absolute Gasteiger partial charge is 0.324 e. The van der Waals surface area contributed by atoms with Crippen LogP contribution in [0.25, 0.3) is 0 Å². The van der Waals surface area contributed by atoms with E-state index >= 15 is 0 Å². The minimum atomic E-state index is -3.40. The molecule has 2 aromatic rings. The Bertz CT molecular complexity index is 804. The summed E-state index contributed by atoms with van der Waals surface area (Å²) in [6.07, 6.45) is 1.11. The van der Waals surface area contributed by atoms with Crippen LogP contribution in [0, 0.1) is 0 Å². The van der Waals surface area contributed by atoms with Crippen molar-refractivity contribution in [3.8, 4) is 0 Å². The summed E-state index contributed by atoms with van der Waals surface area (Å²) in [7, 11) is -3.40. The molecule has 0 bridgehead atoms. The summed E-state index contributed by atoms with van der Waals surface area (Å²) in [6, 6.07) is 13.5. The number of amides is 1. The van der Waals surface area contributed by atoms with Gasteiger partial charge in [0, 0.05) is 16.2 Å². The zero-order valence-corrected chi connectivity index (χ0v) is 15.0. The summed E-state index contributed by atoms with van der Waals surface area (Å²) >= 11 is 7.21. The van der Waals surface area contributed by atoms with Crippen LogP contribution in [0.15, 0.2) is 58.3 Å². The predicted molar refractivity (Wildman–Crippen MR) is 95.0 cm³/mol. The summed E-state index contributed by atoms with van der Waals surface area (Å²) in [5.41, 5.74) is 0.295. The molecule has 0 aliphatic carbocycles. The van der Waals surface area contributed by atoms with Crippen molar-refractivity contribution in [3.63, 3.8) is 0 Å². The second-order valence-corrected chi connectivity index (χ2v) is 8.81. The van der Waals surface area contributed by atoms with Gasteiger partial charge in [-0.1, -0.05) is 23.7 Å². The van der Waals surface area contributed by atoms with Crippen LogP contribution in [0.2, 0.25) is 5.02 Å². The molecule has 0 aromatic heterocycles. The molecule has 0 fully saturated rings. The van der Waals surface area contributed by atoms with Gasteiger partial charge in [-0.2, -0.15) is 0 Å². The molecule has 1 amide bonds. The van der Waals surface area contributed by atoms with E-state index < -0.39 is 9.84 Å². The van der Waals surface area contributed by atoms with E-state index in [0.29, 0.717) is 10.7 Å². The molecule has 2 rings (SSSR count). The molecule has 0 radical (unpaired) electrons. The fourth-order valence-electron chi connectivity index (χ4n) is 1.90. The fraction of sp³-hybridized carbons (Fsp3) is 0.188. The highest BCUT2D eigenvalue weighted by Crippen LogP contribution is 2.27. The molecule has 1 N–H and O–H groups in total. The molecule has 23 heavy (non-hydrogen) atoms. The lowest BCUT2D eigenvalue weighted by Crippen LogP contribution is -2.23. The van der Waals surface area contributed by atoms with Gasteiger partial charge in [0.05, 0.1) is 15.8 Å². The molecule has 2 aromatic carbocycles. The number of benzene rings is 2. The van der Waals surface area contributed by atoms with Crippen LogP contribution in [0.4, 0.5) is 5.69 Å². The van der Waals surface area contributed by atoms with Crippen molar-refractivity contribution in [1.82, 2.24) is 0 Å². The number of carbonyl (C=O) groups is 1. The SMILES string of the molecule is CC(Sc1ccc(Cl)cc1)C(=O)Nc1ccccc1S(C)(=O)=O. The van der Waals surface area contributed by atoms with Gasteiger partial charge in [-0.25, -0.2) is 8.42 Å². The maximum Gasteiger partial charge on any atom is 0.237 e. The standard InChI is InChI=1S/C16H16ClNO3S2/c1-11(22-13-9-7-12(17)8-10-13)16(19)18-14-5-3-4-6-15(14)23(2,20)21/h3-11H,1-2H3,(H,18,19). The van der Waals surface area contributed by atoms with Crippen molar-refractivity contribution < 1.29 is 13.2 Å². The van der Waals surface area contributed by atoms with Crippen LogP contribution >= 0.6 is 23.4 Å². The first-order valence-electron chi connectivity index (χ1n) is 6.79. The summed E-state index contributed by atoms with van der Waals surface area (Å²) < 4.78 is 23.5. The predicted octanol–water partition coefficient (Wildman–Crippen LogP) is 3.86. The fourth-order valence-corrected chi connectivity index (χ4v) is 3.74. The van der Waals surface area contributed by atoms with E-state index in [9.17, 15) is 13.2 Å². The average Bonchev–Trinajstić information content (AvgIpc) is 2.49. The summed E-state index contributed by atoms with van der Waals surface area (Å²) in [5.74, 6) is -0.263. The third kappa shape index (κ3) is 4.99. The van der Waals surface area contributed by atoms with Gasteiger partial charge in [-0.15, -0.1) is 11.8 Å². The molecular weight excluding hydrogens is 354 g/mol. The highest BCUT2D eigenvalue weighted by Gasteiger charge is 2.18. The van der Waals surface area contributed by atoms with Crippen molar-refractivity contribution in [2.45, 2.75) is 22.0 Å². The first-order valence-corrected chi connectivity index (χ1v) is 9.94. The van der Waals surface area contributed by atoms with Crippen LogP contribution in [0.5, 0.6) is 0 Å². The molecule has 1 atom stereocenters. The summed E-state index contributed by atoms with van der Waals surface area (Å²) in [4.78, 5) is 13.3. The van der Waals surface area contributed by atoms with E-state index in [4.69, 9.17) is 11.6 Å². The maximum absolute atomic E-state index is 12.3. The van der Waals surface area contributed by atoms with Gasteiger partial charge in [-0.05, 0) is 43.3 Å². The Morgan fingerprint density at radius 1 is 1.13 bits per heavy atom. The number of anilines is 1. The van der Waals surface area contributed by atoms with Gasteiger partial charge in [0.2, 0.25) is 5.91 Å². The van der Waals surface area contributed by atoms with Gasteiger partial charge in [-0.3, -0.25) is 4.79 Å². The summed E-state index contributed by atoms with van der Waals surface area (Å²) in [6.45, 7) is 1.76. The van der Waals surface area contributed by atoms with Crippen LogP contribution < -0.4 is 5.32 Å². The molecule has 1 unspecified atom stereocenters. The van der Waals surface area contributed by atoms with Gasteiger partial charge < -0.3 is 5.32 Å². The third-order valence-electron chi connectivity index (χ3n) is 3.04. The number of hydrogen-bond donors (Lipinski definition) is 1. The molecule has 0 spiro atoms. The number of carbonyl (C=O) groups excluding carboxylic acids is 1. The van der Waals surface area contributed by atoms with Crippen molar-refractivity contribution >= 4 is 44.8 Å². The van der Waals surface area contributed by atoms with Gasteiger partial charge in [0.25, 0.3) is 0 Å². The Morgan fingerprint density at radius 3 is 2.35 bits per heavy atom. The van der Waals surface area contributed by atoms with Crippen molar-refractivity contribution in [2.24, 2.45) is 0 Å². The van der Waals surface area contributed by atoms with E-state index in [1.54, 1.807) is 37.3 Å². The van der Waals surface area contributed by atoms with Crippen LogP contribution in [-0.4, -0.2) is 25.8 Å². The first kappa shape index (κ1) is 17.8. The number of sulfone groups is 1. The van der Waals surface area contributed by atoms with Crippen molar-refractivity contribution in [1.29, 1.82) is 0 Å². The van der Waals surface area contributed by atoms with Crippen molar-refractivity contribution in [3.05, 3.63) is 53.6 Å². The van der Waals surface area contributed by atoms with Crippen LogP contribution in [-0.2, 0) is 14.6 Å². The topological polar surface area (TPSA) is 63.2 Å². The summed E-state index contributed by atoms with van der Waals surface area (Å²) in [5, 5.41) is 2.93. The Hall–Kier alpha value is -1.50. The third-order valence-corrected chi connectivity index (χ3v) is 5.56. The van der Waals surface area contributed by atoms with Gasteiger partial charge >= 0.3 is 0 Å². The molecule has 7 heteroatoms. The minimum absolute atomic E-state index is 0.108. The average molecular weight is 370 g/mol. The van der Waals surface area contributed by atoms with Crippen molar-refractivity contribution in [2.75, 3.05) is 11.6 Å². The van der Waals surface area contributed by atoms with Gasteiger partial charge in [0.1, 0.15) is 0 Å². The molecule has 0 heterocycles. The van der Waals surface area contributed by atoms with E-state index in [0.717, 1.165) is 11.2 Å². The maximum atomic E-state index is 12.3. The Kier molecular flexibility index (Phi) is 5.73. The van der Waals surface area contributed by atoms with E-state index in [1.807, 2.05) is 12.1 Å². The van der Waals surface area contributed by atoms with Crippen LogP contribution in [0.1, 0.15) is 6.92 Å². The molecule has 4 nitrogen and oxygen atoms in total. The van der Waals surface area contributed by atoms with E-state index in [-0.39, 0.29) is 16.1 Å². The molecule has 0 saturated carbocycles. The van der Waals surface area contributed by atoms with Gasteiger partial charge in [0.15, 0.2) is 9.84 Å². The lowest BCUT2D eigenvalue weighted by molar-refractivity contribution is -0.115. The molecule has 0 saturated heterocycles. The Labute approximate surface area is 145 Å². The normalized spacial score (nSPS) is 12.7. The quantitative estimate of drug-likeness (QED) is 0.813. The molecule has 0 aliphatic heterocycles. The van der Waals surface area contributed by atoms with E-state index in [1.165, 1.54) is 17.8 Å². The molecule has 0 aliphatic rings. The Morgan fingerprint density at radius 2 is 1.74 bits per heavy atom. The second kappa shape index (κ2) is 7.38. The highest BCUT2D eigenvalue weighted by molar-refractivity contribution is 8.00. The first-order chi connectivity index (χ1) is 10.8. The zero-order valence-electron chi connectivity index (χ0n) is 12.6. The highest BCUT2D eigenvalue weighted by atomic mass is 35.5. The number of thioether (sulfide) groups is 1. The smallest absolute Gasteiger partial charge is 0.237 e. The number of nitrogens with one attached hydrogen (secondary N) is 1. The second-order valence-electron chi connectivity index (χ2n) is 4.97. The number of hydrogen-bond acceptors (Lipinski definition) is 4. The number of halogens is 1. The minimum Gasteiger partial charge on any atom is -0.324 e. The zero-order chi connectivity index (χ0) is 17.0. The monoisotopic (exact) mass is 369 g/mol. The number of para-hydroxylation sites is 1. The van der Waals surface area contributed by atoms with E-state index in [2.05, 4.69) is 5.32 Å². The molecular formula is C16H16ClNO3S2. The lowest BCUT2D eigenvalue weighted by Gasteiger charge is -2.14. The number of rotatable bonds is 5. The lowest BCUT2D eigenvalue weighted by atomic mass is 10.3. The molecule has 122 valence electrons. The van der Waals surface area contributed by atoms with Crippen LogP contribution in [0.3, 0.4) is 0 Å². The Balaban J connectivity index is 2.11.